The summed E-state index contributed by atoms with van der Waals surface area (Å²) >= 11 is 0. The third kappa shape index (κ3) is 3.37. The van der Waals surface area contributed by atoms with E-state index in [0.717, 1.165) is 17.0 Å². The predicted molar refractivity (Wildman–Crippen MR) is 60.9 cm³/mol. The number of carbonyl (C=O) groups is 1. The van der Waals surface area contributed by atoms with Crippen LogP contribution in [0.1, 0.15) is 6.92 Å². The summed E-state index contributed by atoms with van der Waals surface area (Å²) in [5.41, 5.74) is -0.339. The zero-order valence-corrected chi connectivity index (χ0v) is 10.0. The molecule has 4 nitrogen and oxygen atoms in total. The number of aliphatic carboxylic acids is 1. The van der Waals surface area contributed by atoms with Crippen molar-refractivity contribution in [2.75, 3.05) is 18.0 Å². The second kappa shape index (κ2) is 6.09. The Morgan fingerprint density at radius 3 is 2.58 bits per heavy atom. The number of benzene rings is 1. The number of nitriles is 1. The van der Waals surface area contributed by atoms with Crippen LogP contribution in [0.4, 0.5) is 18.9 Å². The van der Waals surface area contributed by atoms with E-state index in [9.17, 15) is 18.0 Å². The van der Waals surface area contributed by atoms with Gasteiger partial charge in [-0.3, -0.25) is 4.79 Å². The summed E-state index contributed by atoms with van der Waals surface area (Å²) in [7, 11) is 0. The van der Waals surface area contributed by atoms with Crippen LogP contribution in [-0.4, -0.2) is 24.2 Å². The van der Waals surface area contributed by atoms with Crippen molar-refractivity contribution < 1.29 is 23.1 Å². The molecule has 0 aliphatic rings. The summed E-state index contributed by atoms with van der Waals surface area (Å²) in [5.74, 6) is -6.45. The fourth-order valence-corrected chi connectivity index (χ4v) is 1.50. The molecule has 1 N–H and O–H groups in total. The first-order chi connectivity index (χ1) is 8.88. The summed E-state index contributed by atoms with van der Waals surface area (Å²) in [6.07, 6.45) is 0. The van der Waals surface area contributed by atoms with Crippen molar-refractivity contribution in [1.29, 1.82) is 5.26 Å². The van der Waals surface area contributed by atoms with Crippen molar-refractivity contribution in [1.82, 2.24) is 0 Å². The molecule has 0 heterocycles. The Morgan fingerprint density at radius 1 is 1.42 bits per heavy atom. The summed E-state index contributed by atoms with van der Waals surface area (Å²) in [4.78, 5) is 11.8. The molecule has 0 saturated heterocycles. The standard InChI is InChI=1S/C12H11F3N2O2/c1-7(12(18)19)6-17(5-4-16)9-3-2-8(13)10(14)11(9)15/h2-3,7H,5-6H2,1H3,(H,18,19). The second-order valence-corrected chi connectivity index (χ2v) is 3.97. The Labute approximate surface area is 107 Å². The highest BCUT2D eigenvalue weighted by atomic mass is 19.2. The molecule has 0 amide bonds. The van der Waals surface area contributed by atoms with E-state index in [-0.39, 0.29) is 18.8 Å². The molecule has 0 saturated carbocycles. The average Bonchev–Trinajstić information content (AvgIpc) is 2.35. The number of carboxylic acids is 1. The Hall–Kier alpha value is -2.23. The first-order valence-corrected chi connectivity index (χ1v) is 5.36. The van der Waals surface area contributed by atoms with Crippen molar-refractivity contribution in [3.05, 3.63) is 29.6 Å². The topological polar surface area (TPSA) is 64.3 Å². The van der Waals surface area contributed by atoms with Crippen LogP contribution >= 0.6 is 0 Å². The highest BCUT2D eigenvalue weighted by molar-refractivity contribution is 5.70. The van der Waals surface area contributed by atoms with Crippen LogP contribution in [0.15, 0.2) is 12.1 Å². The molecule has 0 aromatic heterocycles. The molecule has 0 radical (unpaired) electrons. The smallest absolute Gasteiger partial charge is 0.308 e. The molecule has 1 aromatic carbocycles. The molecule has 7 heteroatoms. The Kier molecular flexibility index (Phi) is 4.75. The van der Waals surface area contributed by atoms with Crippen LogP contribution in [0.2, 0.25) is 0 Å². The zero-order valence-electron chi connectivity index (χ0n) is 10.0. The van der Waals surface area contributed by atoms with Gasteiger partial charge in [0.05, 0.1) is 17.7 Å². The van der Waals surface area contributed by atoms with Crippen LogP contribution < -0.4 is 4.90 Å². The third-order valence-electron chi connectivity index (χ3n) is 2.53. The first-order valence-electron chi connectivity index (χ1n) is 5.36. The maximum absolute atomic E-state index is 13.6. The molecule has 0 aliphatic carbocycles. The van der Waals surface area contributed by atoms with E-state index in [2.05, 4.69) is 0 Å². The lowest BCUT2D eigenvalue weighted by molar-refractivity contribution is -0.140. The van der Waals surface area contributed by atoms with E-state index in [1.807, 2.05) is 0 Å². The number of hydrogen-bond donors (Lipinski definition) is 1. The maximum Gasteiger partial charge on any atom is 0.308 e. The van der Waals surface area contributed by atoms with Crippen LogP contribution in [-0.2, 0) is 4.79 Å². The molecule has 0 spiro atoms. The number of anilines is 1. The van der Waals surface area contributed by atoms with Gasteiger partial charge in [0.15, 0.2) is 17.5 Å². The molecule has 1 aromatic rings. The molecule has 19 heavy (non-hydrogen) atoms. The normalized spacial score (nSPS) is 11.7. The number of hydrogen-bond acceptors (Lipinski definition) is 3. The van der Waals surface area contributed by atoms with E-state index in [0.29, 0.717) is 0 Å². The molecule has 102 valence electrons. The largest absolute Gasteiger partial charge is 0.481 e. The number of halogens is 3. The average molecular weight is 272 g/mol. The van der Waals surface area contributed by atoms with E-state index in [1.165, 1.54) is 6.92 Å². The lowest BCUT2D eigenvalue weighted by Gasteiger charge is -2.24. The molecule has 1 rings (SSSR count). The minimum absolute atomic E-state index is 0.190. The highest BCUT2D eigenvalue weighted by Gasteiger charge is 2.22. The fourth-order valence-electron chi connectivity index (χ4n) is 1.50. The first kappa shape index (κ1) is 14.8. The zero-order chi connectivity index (χ0) is 14.6. The number of carboxylic acid groups (broad SMARTS) is 1. The van der Waals surface area contributed by atoms with Gasteiger partial charge in [-0.15, -0.1) is 0 Å². The van der Waals surface area contributed by atoms with Crippen molar-refractivity contribution in [3.63, 3.8) is 0 Å². The van der Waals surface area contributed by atoms with Crippen LogP contribution in [0.25, 0.3) is 0 Å². The van der Waals surface area contributed by atoms with Crippen molar-refractivity contribution in [2.24, 2.45) is 5.92 Å². The molecule has 0 aliphatic heterocycles. The Morgan fingerprint density at radius 2 is 2.05 bits per heavy atom. The minimum atomic E-state index is -1.65. The second-order valence-electron chi connectivity index (χ2n) is 3.97. The van der Waals surface area contributed by atoms with Crippen LogP contribution in [0.3, 0.4) is 0 Å². The van der Waals surface area contributed by atoms with Gasteiger partial charge < -0.3 is 10.0 Å². The minimum Gasteiger partial charge on any atom is -0.481 e. The van der Waals surface area contributed by atoms with Crippen molar-refractivity contribution in [2.45, 2.75) is 6.92 Å². The molecule has 0 bridgehead atoms. The number of nitrogens with zero attached hydrogens (tertiary/aromatic N) is 2. The van der Waals surface area contributed by atoms with Crippen molar-refractivity contribution >= 4 is 11.7 Å². The van der Waals surface area contributed by atoms with Gasteiger partial charge in [0.25, 0.3) is 0 Å². The van der Waals surface area contributed by atoms with Crippen LogP contribution in [0.5, 0.6) is 0 Å². The monoisotopic (exact) mass is 272 g/mol. The van der Waals surface area contributed by atoms with Gasteiger partial charge in [0.1, 0.15) is 6.54 Å². The lowest BCUT2D eigenvalue weighted by atomic mass is 10.1. The third-order valence-corrected chi connectivity index (χ3v) is 2.53. The quantitative estimate of drug-likeness (QED) is 0.659. The van der Waals surface area contributed by atoms with E-state index < -0.39 is 29.3 Å². The van der Waals surface area contributed by atoms with Gasteiger partial charge in [-0.1, -0.05) is 6.92 Å². The van der Waals surface area contributed by atoms with Gasteiger partial charge in [0, 0.05) is 6.54 Å². The maximum atomic E-state index is 13.6. The van der Waals surface area contributed by atoms with Crippen molar-refractivity contribution in [3.8, 4) is 6.07 Å². The molecular weight excluding hydrogens is 261 g/mol. The van der Waals surface area contributed by atoms with Gasteiger partial charge in [-0.2, -0.15) is 5.26 Å². The van der Waals surface area contributed by atoms with Crippen LogP contribution in [0, 0.1) is 34.7 Å². The van der Waals surface area contributed by atoms with Gasteiger partial charge in [0.2, 0.25) is 0 Å². The van der Waals surface area contributed by atoms with E-state index >= 15 is 0 Å². The summed E-state index contributed by atoms with van der Waals surface area (Å²) in [6.45, 7) is 0.842. The Bertz CT molecular complexity index is 528. The number of rotatable bonds is 5. The molecule has 1 atom stereocenters. The SMILES string of the molecule is CC(CN(CC#N)c1ccc(F)c(F)c1F)C(=O)O. The Balaban J connectivity index is 3.10. The van der Waals surface area contributed by atoms with Gasteiger partial charge >= 0.3 is 5.97 Å². The van der Waals surface area contributed by atoms with E-state index in [4.69, 9.17) is 10.4 Å². The van der Waals surface area contributed by atoms with E-state index in [1.54, 1.807) is 6.07 Å². The summed E-state index contributed by atoms with van der Waals surface area (Å²) in [6, 6.07) is 3.42. The molecule has 0 fully saturated rings. The fraction of sp³-hybridized carbons (Fsp3) is 0.333. The highest BCUT2D eigenvalue weighted by Crippen LogP contribution is 2.24. The van der Waals surface area contributed by atoms with Gasteiger partial charge in [-0.25, -0.2) is 13.2 Å². The summed E-state index contributed by atoms with van der Waals surface area (Å²) in [5, 5.41) is 17.4. The molecule has 1 unspecified atom stereocenters. The lowest BCUT2D eigenvalue weighted by Crippen LogP contribution is -2.33. The molecular formula is C12H11F3N2O2. The summed E-state index contributed by atoms with van der Waals surface area (Å²) < 4.78 is 39.5. The van der Waals surface area contributed by atoms with Gasteiger partial charge in [-0.05, 0) is 12.1 Å². The predicted octanol–water partition coefficient (Wildman–Crippen LogP) is 2.15.